The highest BCUT2D eigenvalue weighted by molar-refractivity contribution is 7.99. The molecule has 1 aromatic heterocycles. The number of hydrogen-bond acceptors (Lipinski definition) is 5. The zero-order chi connectivity index (χ0) is 23.3. The first kappa shape index (κ1) is 23.6. The normalized spacial score (nSPS) is 12.1. The highest BCUT2D eigenvalue weighted by atomic mass is 32.2. The maximum absolute atomic E-state index is 14.0. The number of aromatic nitrogens is 3. The molecule has 1 atom stereocenters. The molecule has 6 nitrogen and oxygen atoms in total. The molecule has 1 unspecified atom stereocenters. The topological polar surface area (TPSA) is 69.0 Å². The van der Waals surface area contributed by atoms with Crippen molar-refractivity contribution in [1.29, 1.82) is 0 Å². The molecule has 1 amide bonds. The Kier molecular flexibility index (Phi) is 7.79. The zero-order valence-corrected chi connectivity index (χ0v) is 18.6. The molecular weight excluding hydrogens is 441 g/mol. The Bertz CT molecular complexity index is 1090. The lowest BCUT2D eigenvalue weighted by Crippen LogP contribution is -2.17. The van der Waals surface area contributed by atoms with Crippen LogP contribution in [0.2, 0.25) is 0 Å². The van der Waals surface area contributed by atoms with Crippen LogP contribution in [-0.4, -0.2) is 26.4 Å². The number of ether oxygens (including phenoxy) is 1. The molecule has 0 saturated heterocycles. The predicted octanol–water partition coefficient (Wildman–Crippen LogP) is 5.22. The van der Waals surface area contributed by atoms with E-state index < -0.39 is 29.5 Å². The first-order valence-corrected chi connectivity index (χ1v) is 10.9. The number of carbonyl (C=O) groups excluding carboxylic acids is 1. The molecule has 1 heterocycles. The van der Waals surface area contributed by atoms with Crippen LogP contribution in [0.1, 0.15) is 32.7 Å². The third-order valence-electron chi connectivity index (χ3n) is 4.33. The first-order valence-electron chi connectivity index (χ1n) is 9.96. The van der Waals surface area contributed by atoms with Crippen LogP contribution in [0.3, 0.4) is 0 Å². The van der Waals surface area contributed by atoms with Gasteiger partial charge in [-0.2, -0.15) is 0 Å². The Balaban J connectivity index is 1.72. The number of thioether (sulfide) groups is 1. The molecule has 1 N–H and O–H groups in total. The second-order valence-electron chi connectivity index (χ2n) is 7.50. The lowest BCUT2D eigenvalue weighted by atomic mass is 10.2. The van der Waals surface area contributed by atoms with Gasteiger partial charge in [0.25, 0.3) is 0 Å². The van der Waals surface area contributed by atoms with Crippen molar-refractivity contribution in [3.63, 3.8) is 0 Å². The summed E-state index contributed by atoms with van der Waals surface area (Å²) in [5.74, 6) is -1.64. The van der Waals surface area contributed by atoms with E-state index >= 15 is 0 Å². The number of amides is 1. The Morgan fingerprint density at radius 2 is 1.84 bits per heavy atom. The molecule has 0 spiro atoms. The standard InChI is InChI=1S/C22H23F3N4O2S/c1-13(2)11-29-21(14(3)31-19-7-5-4-6-17(19)25)27-28-22(29)32-12-20(30)26-18-10-15(23)8-9-16(18)24/h4-10,13-14H,11-12H2,1-3H3,(H,26,30). The van der Waals surface area contributed by atoms with Crippen molar-refractivity contribution < 1.29 is 22.7 Å². The van der Waals surface area contributed by atoms with Gasteiger partial charge >= 0.3 is 0 Å². The van der Waals surface area contributed by atoms with Crippen molar-refractivity contribution in [2.45, 2.75) is 38.6 Å². The molecule has 32 heavy (non-hydrogen) atoms. The summed E-state index contributed by atoms with van der Waals surface area (Å²) in [6.07, 6.45) is -0.595. The highest BCUT2D eigenvalue weighted by Gasteiger charge is 2.22. The minimum absolute atomic E-state index is 0.0886. The van der Waals surface area contributed by atoms with Crippen LogP contribution in [0.15, 0.2) is 47.6 Å². The summed E-state index contributed by atoms with van der Waals surface area (Å²) in [6.45, 7) is 6.32. The number of nitrogens with zero attached hydrogens (tertiary/aromatic N) is 3. The lowest BCUT2D eigenvalue weighted by molar-refractivity contribution is -0.113. The number of benzene rings is 2. The molecule has 2 aromatic carbocycles. The third-order valence-corrected chi connectivity index (χ3v) is 5.30. The number of rotatable bonds is 9. The maximum atomic E-state index is 14.0. The fourth-order valence-electron chi connectivity index (χ4n) is 2.94. The molecule has 170 valence electrons. The highest BCUT2D eigenvalue weighted by Crippen LogP contribution is 2.27. The van der Waals surface area contributed by atoms with E-state index in [9.17, 15) is 18.0 Å². The van der Waals surface area contributed by atoms with Gasteiger partial charge in [0.2, 0.25) is 5.91 Å². The zero-order valence-electron chi connectivity index (χ0n) is 17.8. The van der Waals surface area contributed by atoms with Gasteiger partial charge < -0.3 is 14.6 Å². The van der Waals surface area contributed by atoms with E-state index in [2.05, 4.69) is 15.5 Å². The molecule has 0 saturated carbocycles. The molecule has 0 radical (unpaired) electrons. The minimum atomic E-state index is -0.728. The Hall–Kier alpha value is -3.01. The molecule has 10 heteroatoms. The maximum Gasteiger partial charge on any atom is 0.234 e. The largest absolute Gasteiger partial charge is 0.480 e. The van der Waals surface area contributed by atoms with E-state index in [1.54, 1.807) is 19.1 Å². The van der Waals surface area contributed by atoms with Crippen LogP contribution < -0.4 is 10.1 Å². The van der Waals surface area contributed by atoms with E-state index in [-0.39, 0.29) is 23.1 Å². The van der Waals surface area contributed by atoms with E-state index in [1.807, 2.05) is 18.4 Å². The minimum Gasteiger partial charge on any atom is -0.480 e. The van der Waals surface area contributed by atoms with Crippen molar-refractivity contribution in [1.82, 2.24) is 14.8 Å². The van der Waals surface area contributed by atoms with Crippen LogP contribution in [-0.2, 0) is 11.3 Å². The second kappa shape index (κ2) is 10.5. The van der Waals surface area contributed by atoms with Crippen molar-refractivity contribution in [2.75, 3.05) is 11.1 Å². The Labute approximate surface area is 188 Å². The molecule has 0 aliphatic heterocycles. The first-order chi connectivity index (χ1) is 15.2. The number of nitrogens with one attached hydrogen (secondary N) is 1. The third kappa shape index (κ3) is 6.03. The number of carbonyl (C=O) groups is 1. The fourth-order valence-corrected chi connectivity index (χ4v) is 3.69. The van der Waals surface area contributed by atoms with Gasteiger partial charge in [-0.3, -0.25) is 4.79 Å². The van der Waals surface area contributed by atoms with Gasteiger partial charge in [-0.1, -0.05) is 37.7 Å². The van der Waals surface area contributed by atoms with Crippen molar-refractivity contribution in [2.24, 2.45) is 5.92 Å². The number of para-hydroxylation sites is 1. The molecule has 0 fully saturated rings. The summed E-state index contributed by atoms with van der Waals surface area (Å²) >= 11 is 1.11. The molecule has 0 aliphatic rings. The molecule has 0 bridgehead atoms. The summed E-state index contributed by atoms with van der Waals surface area (Å²) < 4.78 is 48.6. The van der Waals surface area contributed by atoms with Crippen LogP contribution >= 0.6 is 11.8 Å². The summed E-state index contributed by atoms with van der Waals surface area (Å²) in [5, 5.41) is 11.2. The fraction of sp³-hybridized carbons (Fsp3) is 0.318. The summed E-state index contributed by atoms with van der Waals surface area (Å²) in [4.78, 5) is 12.3. The summed E-state index contributed by atoms with van der Waals surface area (Å²) in [5.41, 5.74) is -0.230. The van der Waals surface area contributed by atoms with Gasteiger partial charge in [0, 0.05) is 12.6 Å². The molecular formula is C22H23F3N4O2S. The van der Waals surface area contributed by atoms with Crippen molar-refractivity contribution in [3.8, 4) is 5.75 Å². The van der Waals surface area contributed by atoms with E-state index in [1.165, 1.54) is 12.1 Å². The van der Waals surface area contributed by atoms with Gasteiger partial charge in [-0.25, -0.2) is 13.2 Å². The molecule has 0 aliphatic carbocycles. The second-order valence-corrected chi connectivity index (χ2v) is 8.44. The van der Waals surface area contributed by atoms with Crippen molar-refractivity contribution in [3.05, 3.63) is 65.7 Å². The van der Waals surface area contributed by atoms with Gasteiger partial charge in [0.05, 0.1) is 11.4 Å². The molecule has 3 aromatic rings. The van der Waals surface area contributed by atoms with Gasteiger partial charge in [-0.05, 0) is 37.1 Å². The van der Waals surface area contributed by atoms with Crippen LogP contribution in [0.5, 0.6) is 5.75 Å². The average molecular weight is 465 g/mol. The van der Waals surface area contributed by atoms with E-state index in [0.717, 1.165) is 30.0 Å². The van der Waals surface area contributed by atoms with Crippen molar-refractivity contribution >= 4 is 23.4 Å². The Morgan fingerprint density at radius 1 is 1.09 bits per heavy atom. The smallest absolute Gasteiger partial charge is 0.234 e. The van der Waals surface area contributed by atoms with Crippen LogP contribution in [0.25, 0.3) is 0 Å². The monoisotopic (exact) mass is 464 g/mol. The average Bonchev–Trinajstić information content (AvgIpc) is 3.13. The molecule has 3 rings (SSSR count). The number of hydrogen-bond donors (Lipinski definition) is 1. The quantitative estimate of drug-likeness (QED) is 0.440. The van der Waals surface area contributed by atoms with E-state index in [0.29, 0.717) is 17.5 Å². The summed E-state index contributed by atoms with van der Waals surface area (Å²) in [6, 6.07) is 8.91. The van der Waals surface area contributed by atoms with Gasteiger partial charge in [0.1, 0.15) is 11.6 Å². The summed E-state index contributed by atoms with van der Waals surface area (Å²) in [7, 11) is 0. The predicted molar refractivity (Wildman–Crippen MR) is 116 cm³/mol. The van der Waals surface area contributed by atoms with Crippen LogP contribution in [0, 0.1) is 23.4 Å². The van der Waals surface area contributed by atoms with Gasteiger partial charge in [-0.15, -0.1) is 10.2 Å². The lowest BCUT2D eigenvalue weighted by Gasteiger charge is -2.18. The van der Waals surface area contributed by atoms with Gasteiger partial charge in [0.15, 0.2) is 28.7 Å². The van der Waals surface area contributed by atoms with E-state index in [4.69, 9.17) is 4.74 Å². The van der Waals surface area contributed by atoms with Crippen LogP contribution in [0.4, 0.5) is 18.9 Å². The number of anilines is 1. The SMILES string of the molecule is CC(C)Cn1c(SCC(=O)Nc2cc(F)ccc2F)nnc1C(C)Oc1ccccc1F. The Morgan fingerprint density at radius 3 is 2.56 bits per heavy atom. The number of halogens is 3.